The molecule has 4 nitrogen and oxygen atoms in total. The summed E-state index contributed by atoms with van der Waals surface area (Å²) in [5.74, 6) is 0.583. The zero-order valence-corrected chi connectivity index (χ0v) is 8.55. The van der Waals surface area contributed by atoms with Gasteiger partial charge in [0.1, 0.15) is 0 Å². The second kappa shape index (κ2) is 2.68. The minimum Gasteiger partial charge on any atom is -0.396 e. The minimum absolute atomic E-state index is 0.0672. The zero-order valence-electron chi connectivity index (χ0n) is 7.73. The van der Waals surface area contributed by atoms with Crippen molar-refractivity contribution in [1.82, 2.24) is 4.31 Å². The van der Waals surface area contributed by atoms with Crippen LogP contribution in [0.15, 0.2) is 0 Å². The van der Waals surface area contributed by atoms with Crippen molar-refractivity contribution < 1.29 is 13.5 Å². The lowest BCUT2D eigenvalue weighted by atomic mass is 10.1. The number of fused-ring (bicyclic) bond motifs is 1. The maximum absolute atomic E-state index is 11.5. The summed E-state index contributed by atoms with van der Waals surface area (Å²) in [7, 11) is -3.03. The molecule has 1 heterocycles. The number of sulfonamides is 1. The van der Waals surface area contributed by atoms with Crippen LogP contribution in [-0.4, -0.2) is 43.3 Å². The molecule has 1 saturated carbocycles. The first-order valence-corrected chi connectivity index (χ1v) is 6.24. The van der Waals surface area contributed by atoms with E-state index in [1.165, 1.54) is 4.31 Å². The number of aliphatic hydroxyl groups excluding tert-OH is 1. The van der Waals surface area contributed by atoms with Gasteiger partial charge in [-0.05, 0) is 19.3 Å². The Hall–Kier alpha value is -0.130. The summed E-state index contributed by atoms with van der Waals surface area (Å²) in [6.45, 7) is 2.94. The van der Waals surface area contributed by atoms with E-state index in [0.717, 1.165) is 6.42 Å². The molecule has 0 aromatic heterocycles. The van der Waals surface area contributed by atoms with Gasteiger partial charge in [0.05, 0.1) is 12.4 Å². The molecule has 2 atom stereocenters. The Morgan fingerprint density at radius 2 is 2.31 bits per heavy atom. The Morgan fingerprint density at radius 3 is 2.77 bits per heavy atom. The van der Waals surface area contributed by atoms with Crippen LogP contribution in [0.5, 0.6) is 0 Å². The first kappa shape index (κ1) is 9.43. The van der Waals surface area contributed by atoms with Crippen molar-refractivity contribution in [2.24, 2.45) is 11.3 Å². The van der Waals surface area contributed by atoms with E-state index < -0.39 is 10.0 Å². The van der Waals surface area contributed by atoms with E-state index in [4.69, 9.17) is 5.11 Å². The Bertz CT molecular complexity index is 309. The lowest BCUT2D eigenvalue weighted by Crippen LogP contribution is -2.33. The quantitative estimate of drug-likeness (QED) is 0.685. The van der Waals surface area contributed by atoms with Crippen LogP contribution in [0.1, 0.15) is 13.3 Å². The molecule has 1 aliphatic heterocycles. The molecule has 0 bridgehead atoms. The average Bonchev–Trinajstić information content (AvgIpc) is 2.69. The molecule has 2 unspecified atom stereocenters. The maximum Gasteiger partial charge on any atom is 0.213 e. The van der Waals surface area contributed by atoms with Gasteiger partial charge >= 0.3 is 0 Å². The Kier molecular flexibility index (Phi) is 1.94. The number of nitrogens with zero attached hydrogens (tertiary/aromatic N) is 1. The van der Waals surface area contributed by atoms with Gasteiger partial charge in [-0.25, -0.2) is 12.7 Å². The van der Waals surface area contributed by atoms with Crippen LogP contribution in [0.4, 0.5) is 0 Å². The average molecular weight is 205 g/mol. The molecular weight excluding hydrogens is 190 g/mol. The Labute approximate surface area is 78.6 Å². The number of rotatable bonds is 3. The maximum atomic E-state index is 11.5. The van der Waals surface area contributed by atoms with Crippen LogP contribution < -0.4 is 0 Å². The second-order valence-electron chi connectivity index (χ2n) is 4.11. The molecule has 76 valence electrons. The summed E-state index contributed by atoms with van der Waals surface area (Å²) in [5, 5.41) is 9.10. The van der Waals surface area contributed by atoms with Gasteiger partial charge in [-0.2, -0.15) is 0 Å². The third-order valence-electron chi connectivity index (χ3n) is 3.35. The Balaban J connectivity index is 2.09. The van der Waals surface area contributed by atoms with Crippen molar-refractivity contribution in [3.05, 3.63) is 0 Å². The van der Waals surface area contributed by atoms with Gasteiger partial charge in [-0.15, -0.1) is 0 Å². The third-order valence-corrected chi connectivity index (χ3v) is 5.14. The van der Waals surface area contributed by atoms with Crippen LogP contribution in [-0.2, 0) is 10.0 Å². The summed E-state index contributed by atoms with van der Waals surface area (Å²) in [5.41, 5.74) is -0.0672. The molecular formula is C8H15NO3S. The van der Waals surface area contributed by atoms with E-state index in [2.05, 4.69) is 0 Å². The van der Waals surface area contributed by atoms with Crippen molar-refractivity contribution in [3.63, 3.8) is 0 Å². The first-order valence-electron chi connectivity index (χ1n) is 4.63. The molecule has 0 radical (unpaired) electrons. The number of aliphatic hydroxyl groups is 1. The monoisotopic (exact) mass is 205 g/mol. The highest BCUT2D eigenvalue weighted by molar-refractivity contribution is 7.89. The van der Waals surface area contributed by atoms with Gasteiger partial charge in [-0.1, -0.05) is 0 Å². The SMILES string of the molecule is CCS(=O)(=O)N1CC2CC2(CO)C1. The van der Waals surface area contributed by atoms with E-state index in [0.29, 0.717) is 19.0 Å². The molecule has 0 spiro atoms. The van der Waals surface area contributed by atoms with Gasteiger partial charge in [0.2, 0.25) is 10.0 Å². The number of hydrogen-bond donors (Lipinski definition) is 1. The van der Waals surface area contributed by atoms with E-state index >= 15 is 0 Å². The molecule has 0 aromatic carbocycles. The molecule has 5 heteroatoms. The van der Waals surface area contributed by atoms with Crippen molar-refractivity contribution in [3.8, 4) is 0 Å². The third kappa shape index (κ3) is 1.30. The fourth-order valence-electron chi connectivity index (χ4n) is 2.18. The van der Waals surface area contributed by atoms with Crippen LogP contribution in [0.25, 0.3) is 0 Å². The summed E-state index contributed by atoms with van der Waals surface area (Å²) in [4.78, 5) is 0. The molecule has 1 N–H and O–H groups in total. The van der Waals surface area contributed by atoms with E-state index in [1.54, 1.807) is 6.92 Å². The topological polar surface area (TPSA) is 57.6 Å². The van der Waals surface area contributed by atoms with Gasteiger partial charge in [-0.3, -0.25) is 0 Å². The lowest BCUT2D eigenvalue weighted by molar-refractivity contribution is 0.205. The highest BCUT2D eigenvalue weighted by Crippen LogP contribution is 2.57. The minimum atomic E-state index is -3.03. The summed E-state index contributed by atoms with van der Waals surface area (Å²) in [6, 6.07) is 0. The fourth-order valence-corrected chi connectivity index (χ4v) is 3.41. The normalized spacial score (nSPS) is 39.1. The van der Waals surface area contributed by atoms with Crippen molar-refractivity contribution >= 4 is 10.0 Å². The van der Waals surface area contributed by atoms with Crippen molar-refractivity contribution in [2.45, 2.75) is 13.3 Å². The predicted octanol–water partition coefficient (Wildman–Crippen LogP) is -0.350. The number of hydrogen-bond acceptors (Lipinski definition) is 3. The van der Waals surface area contributed by atoms with Crippen LogP contribution >= 0.6 is 0 Å². The second-order valence-corrected chi connectivity index (χ2v) is 6.37. The first-order chi connectivity index (χ1) is 6.04. The molecule has 13 heavy (non-hydrogen) atoms. The van der Waals surface area contributed by atoms with Gasteiger partial charge in [0, 0.05) is 18.5 Å². The van der Waals surface area contributed by atoms with Gasteiger partial charge in [0.25, 0.3) is 0 Å². The van der Waals surface area contributed by atoms with Crippen LogP contribution in [0, 0.1) is 11.3 Å². The Morgan fingerprint density at radius 1 is 1.62 bits per heavy atom. The van der Waals surface area contributed by atoms with Crippen molar-refractivity contribution in [1.29, 1.82) is 0 Å². The van der Waals surface area contributed by atoms with Gasteiger partial charge < -0.3 is 5.11 Å². The molecule has 2 rings (SSSR count). The van der Waals surface area contributed by atoms with E-state index in [1.807, 2.05) is 0 Å². The van der Waals surface area contributed by atoms with Crippen LogP contribution in [0.3, 0.4) is 0 Å². The summed E-state index contributed by atoms with van der Waals surface area (Å²) < 4.78 is 24.5. The molecule has 1 aliphatic carbocycles. The largest absolute Gasteiger partial charge is 0.396 e. The molecule has 0 aromatic rings. The van der Waals surface area contributed by atoms with Crippen LogP contribution in [0.2, 0.25) is 0 Å². The smallest absolute Gasteiger partial charge is 0.213 e. The molecule has 0 amide bonds. The lowest BCUT2D eigenvalue weighted by Gasteiger charge is -2.18. The molecule has 2 fully saturated rings. The molecule has 2 aliphatic rings. The highest BCUT2D eigenvalue weighted by atomic mass is 32.2. The van der Waals surface area contributed by atoms with E-state index in [-0.39, 0.29) is 17.8 Å². The molecule has 1 saturated heterocycles. The summed E-state index contributed by atoms with van der Waals surface area (Å²) in [6.07, 6.45) is 0.999. The fraction of sp³-hybridized carbons (Fsp3) is 1.00. The highest BCUT2D eigenvalue weighted by Gasteiger charge is 2.61. The summed E-state index contributed by atoms with van der Waals surface area (Å²) >= 11 is 0. The van der Waals surface area contributed by atoms with Gasteiger partial charge in [0.15, 0.2) is 0 Å². The standard InChI is InChI=1S/C8H15NO3S/c1-2-13(11,12)9-4-7-3-8(7,5-9)6-10/h7,10H,2-6H2,1H3. The number of piperidine rings is 1. The zero-order chi connectivity index (χ0) is 9.69. The van der Waals surface area contributed by atoms with Crippen molar-refractivity contribution in [2.75, 3.05) is 25.4 Å². The predicted molar refractivity (Wildman–Crippen MR) is 48.7 cm³/mol. The van der Waals surface area contributed by atoms with E-state index in [9.17, 15) is 8.42 Å².